The van der Waals surface area contributed by atoms with E-state index in [1.54, 1.807) is 11.3 Å². The van der Waals surface area contributed by atoms with Crippen molar-refractivity contribution in [1.82, 2.24) is 4.57 Å². The van der Waals surface area contributed by atoms with Gasteiger partial charge in [0.1, 0.15) is 5.75 Å². The van der Waals surface area contributed by atoms with Crippen molar-refractivity contribution < 1.29 is 19.1 Å². The lowest BCUT2D eigenvalue weighted by atomic mass is 9.99. The van der Waals surface area contributed by atoms with Crippen LogP contribution in [0.25, 0.3) is 10.9 Å². The van der Waals surface area contributed by atoms with Gasteiger partial charge in [0.05, 0.1) is 25.1 Å². The highest BCUT2D eigenvalue weighted by molar-refractivity contribution is 7.09. The lowest BCUT2D eigenvalue weighted by Gasteiger charge is -2.11. The number of amides is 1. The minimum atomic E-state index is -0.451. The molecule has 1 aromatic carbocycles. The Kier molecular flexibility index (Phi) is 4.61. The third kappa shape index (κ3) is 3.08. The summed E-state index contributed by atoms with van der Waals surface area (Å²) in [6.45, 7) is 0.553. The molecular weight excluding hydrogens is 364 g/mol. The van der Waals surface area contributed by atoms with E-state index in [1.807, 2.05) is 24.3 Å². The van der Waals surface area contributed by atoms with Crippen LogP contribution in [0, 0.1) is 0 Å². The molecule has 1 unspecified atom stereocenters. The van der Waals surface area contributed by atoms with Crippen molar-refractivity contribution >= 4 is 34.1 Å². The molecule has 4 rings (SSSR count). The first-order valence-corrected chi connectivity index (χ1v) is 9.63. The lowest BCUT2D eigenvalue weighted by molar-refractivity contribution is -0.142. The van der Waals surface area contributed by atoms with Crippen LogP contribution in [-0.2, 0) is 27.3 Å². The zero-order valence-corrected chi connectivity index (χ0v) is 15.8. The van der Waals surface area contributed by atoms with Gasteiger partial charge in [0.25, 0.3) is 0 Å². The molecule has 140 valence electrons. The van der Waals surface area contributed by atoms with Crippen LogP contribution in [-0.4, -0.2) is 30.2 Å². The van der Waals surface area contributed by atoms with Crippen molar-refractivity contribution in [3.05, 3.63) is 51.8 Å². The van der Waals surface area contributed by atoms with Crippen molar-refractivity contribution in [2.24, 2.45) is 5.73 Å². The fourth-order valence-electron chi connectivity index (χ4n) is 3.86. The Labute approximate surface area is 160 Å². The van der Waals surface area contributed by atoms with E-state index in [4.69, 9.17) is 10.5 Å². The Morgan fingerprint density at radius 2 is 2.15 bits per heavy atom. The zero-order valence-electron chi connectivity index (χ0n) is 14.9. The van der Waals surface area contributed by atoms with E-state index in [2.05, 4.69) is 20.8 Å². The third-order valence-electron chi connectivity index (χ3n) is 5.03. The number of hydrogen-bond donors (Lipinski definition) is 1. The van der Waals surface area contributed by atoms with Crippen molar-refractivity contribution in [2.45, 2.75) is 25.3 Å². The van der Waals surface area contributed by atoms with Crippen molar-refractivity contribution in [1.29, 1.82) is 0 Å². The maximum absolute atomic E-state index is 12.1. The van der Waals surface area contributed by atoms with Gasteiger partial charge in [-0.1, -0.05) is 12.1 Å². The van der Waals surface area contributed by atoms with E-state index in [0.29, 0.717) is 12.2 Å². The molecule has 6 nitrogen and oxygen atoms in total. The first-order valence-electron chi connectivity index (χ1n) is 8.75. The van der Waals surface area contributed by atoms with Crippen molar-refractivity contribution in [3.8, 4) is 5.75 Å². The van der Waals surface area contributed by atoms with Crippen LogP contribution in [0.5, 0.6) is 5.75 Å². The Morgan fingerprint density at radius 3 is 2.85 bits per heavy atom. The minimum Gasteiger partial charge on any atom is -0.481 e. The standard InChI is InChI=1S/C20H20N2O4S/c1-25-17(23)11-26-16-6-2-5-14-19(16)18-13(20(21)24)7-8-15(18)22(14)10-12-4-3-9-27-12/h2-6,9,13H,7-8,10-11H2,1H3,(H2,21,24). The number of nitrogens with zero attached hydrogens (tertiary/aromatic N) is 1. The molecule has 0 saturated heterocycles. The smallest absolute Gasteiger partial charge is 0.343 e. The first-order chi connectivity index (χ1) is 13.1. The summed E-state index contributed by atoms with van der Waals surface area (Å²) in [4.78, 5) is 24.8. The number of carbonyl (C=O) groups is 2. The highest BCUT2D eigenvalue weighted by Gasteiger charge is 2.34. The molecule has 7 heteroatoms. The van der Waals surface area contributed by atoms with E-state index in [0.717, 1.165) is 35.1 Å². The number of hydrogen-bond acceptors (Lipinski definition) is 5. The van der Waals surface area contributed by atoms with Crippen LogP contribution in [0.3, 0.4) is 0 Å². The number of thiophene rings is 1. The second kappa shape index (κ2) is 7.08. The molecule has 0 saturated carbocycles. The Bertz CT molecular complexity index is 1010. The number of fused-ring (bicyclic) bond motifs is 3. The number of methoxy groups -OCH3 is 1. The summed E-state index contributed by atoms with van der Waals surface area (Å²) in [5, 5.41) is 2.92. The summed E-state index contributed by atoms with van der Waals surface area (Å²) in [6, 6.07) is 9.86. The average molecular weight is 384 g/mol. The van der Waals surface area contributed by atoms with E-state index >= 15 is 0 Å². The Hall–Kier alpha value is -2.80. The van der Waals surface area contributed by atoms with E-state index in [-0.39, 0.29) is 18.4 Å². The summed E-state index contributed by atoms with van der Waals surface area (Å²) in [7, 11) is 1.32. The molecule has 1 aliphatic carbocycles. The minimum absolute atomic E-state index is 0.179. The van der Waals surface area contributed by atoms with Gasteiger partial charge < -0.3 is 19.8 Å². The van der Waals surface area contributed by atoms with Gasteiger partial charge in [-0.2, -0.15) is 0 Å². The van der Waals surface area contributed by atoms with E-state index in [9.17, 15) is 9.59 Å². The molecule has 3 aromatic rings. The van der Waals surface area contributed by atoms with Crippen LogP contribution in [0.2, 0.25) is 0 Å². The average Bonchev–Trinajstić information content (AvgIpc) is 3.38. The predicted octanol–water partition coefficient (Wildman–Crippen LogP) is 2.82. The van der Waals surface area contributed by atoms with Gasteiger partial charge in [-0.3, -0.25) is 4.79 Å². The summed E-state index contributed by atoms with van der Waals surface area (Å²) < 4.78 is 12.6. The molecule has 1 aliphatic rings. The topological polar surface area (TPSA) is 83.6 Å². The summed E-state index contributed by atoms with van der Waals surface area (Å²) in [5.74, 6) is -0.540. The fourth-order valence-corrected chi connectivity index (χ4v) is 4.55. The molecule has 2 aromatic heterocycles. The molecular formula is C20H20N2O4S. The molecule has 0 radical (unpaired) electrons. The quantitative estimate of drug-likeness (QED) is 0.663. The maximum Gasteiger partial charge on any atom is 0.343 e. The monoisotopic (exact) mass is 384 g/mol. The highest BCUT2D eigenvalue weighted by Crippen LogP contribution is 2.44. The highest BCUT2D eigenvalue weighted by atomic mass is 32.1. The third-order valence-corrected chi connectivity index (χ3v) is 5.89. The van der Waals surface area contributed by atoms with Crippen LogP contribution in [0.4, 0.5) is 0 Å². The normalized spacial score (nSPS) is 15.7. The lowest BCUT2D eigenvalue weighted by Crippen LogP contribution is -2.19. The number of nitrogens with two attached hydrogens (primary N) is 1. The number of ether oxygens (including phenoxy) is 2. The molecule has 1 amide bonds. The Morgan fingerprint density at radius 1 is 1.30 bits per heavy atom. The zero-order chi connectivity index (χ0) is 19.0. The number of esters is 1. The maximum atomic E-state index is 12.1. The van der Waals surface area contributed by atoms with Gasteiger partial charge >= 0.3 is 5.97 Å². The second-order valence-corrected chi connectivity index (χ2v) is 7.57. The van der Waals surface area contributed by atoms with Gasteiger partial charge in [-0.05, 0) is 42.0 Å². The fraction of sp³-hybridized carbons (Fsp3) is 0.300. The molecule has 2 heterocycles. The molecule has 0 bridgehead atoms. The predicted molar refractivity (Wildman–Crippen MR) is 103 cm³/mol. The largest absolute Gasteiger partial charge is 0.481 e. The molecule has 0 aliphatic heterocycles. The Balaban J connectivity index is 1.86. The van der Waals surface area contributed by atoms with Gasteiger partial charge in [0.2, 0.25) is 5.91 Å². The van der Waals surface area contributed by atoms with E-state index < -0.39 is 5.97 Å². The van der Waals surface area contributed by atoms with Crippen LogP contribution in [0.15, 0.2) is 35.7 Å². The van der Waals surface area contributed by atoms with Crippen LogP contribution < -0.4 is 10.5 Å². The summed E-state index contributed by atoms with van der Waals surface area (Å²) in [5.41, 5.74) is 8.73. The number of carbonyl (C=O) groups excluding carboxylic acids is 2. The van der Waals surface area contributed by atoms with E-state index in [1.165, 1.54) is 12.0 Å². The van der Waals surface area contributed by atoms with Gasteiger partial charge in [-0.15, -0.1) is 11.3 Å². The summed E-state index contributed by atoms with van der Waals surface area (Å²) in [6.07, 6.45) is 1.49. The number of rotatable bonds is 6. The molecule has 2 N–H and O–H groups in total. The van der Waals surface area contributed by atoms with Gasteiger partial charge in [0, 0.05) is 16.0 Å². The van der Waals surface area contributed by atoms with Crippen molar-refractivity contribution in [2.75, 3.05) is 13.7 Å². The second-order valence-electron chi connectivity index (χ2n) is 6.53. The van der Waals surface area contributed by atoms with Crippen LogP contribution >= 0.6 is 11.3 Å². The first kappa shape index (κ1) is 17.6. The van der Waals surface area contributed by atoms with Crippen molar-refractivity contribution in [3.63, 3.8) is 0 Å². The molecule has 27 heavy (non-hydrogen) atoms. The number of primary amides is 1. The summed E-state index contributed by atoms with van der Waals surface area (Å²) >= 11 is 1.70. The van der Waals surface area contributed by atoms with Gasteiger partial charge in [-0.25, -0.2) is 4.79 Å². The van der Waals surface area contributed by atoms with Gasteiger partial charge in [0.15, 0.2) is 6.61 Å². The SMILES string of the molecule is COC(=O)COc1cccc2c1c1c(n2Cc2cccs2)CCC1C(N)=O. The molecule has 0 spiro atoms. The molecule has 0 fully saturated rings. The van der Waals surface area contributed by atoms with Crippen LogP contribution in [0.1, 0.15) is 28.5 Å². The molecule has 1 atom stereocenters. The number of aromatic nitrogens is 1. The number of benzene rings is 1.